The van der Waals surface area contributed by atoms with Crippen molar-refractivity contribution in [2.45, 2.75) is 6.42 Å². The molecule has 0 bridgehead atoms. The molecule has 0 unspecified atom stereocenters. The zero-order valence-corrected chi connectivity index (χ0v) is 8.03. The summed E-state index contributed by atoms with van der Waals surface area (Å²) in [5.41, 5.74) is -0.569. The van der Waals surface area contributed by atoms with Gasteiger partial charge in [0, 0.05) is 12.1 Å². The maximum Gasteiger partial charge on any atom is 0.307 e. The van der Waals surface area contributed by atoms with Crippen molar-refractivity contribution in [2.75, 3.05) is 11.9 Å². The zero-order chi connectivity index (χ0) is 11.7. The number of ether oxygens (including phenoxy) is 1. The molecule has 0 saturated heterocycles. The Morgan fingerprint density at radius 1 is 1.50 bits per heavy atom. The molecule has 1 amide bonds. The van der Waals surface area contributed by atoms with Crippen LogP contribution in [0.1, 0.15) is 6.42 Å². The van der Waals surface area contributed by atoms with Crippen LogP contribution in [0, 0.1) is 15.9 Å². The predicted molar refractivity (Wildman–Crippen MR) is 51.8 cm³/mol. The molecule has 84 valence electrons. The molecule has 1 heterocycles. The highest BCUT2D eigenvalue weighted by molar-refractivity contribution is 5.93. The molecular formula is C9H7FN2O4. The smallest absolute Gasteiger partial charge is 0.307 e. The normalized spacial score (nSPS) is 14.4. The number of amides is 1. The summed E-state index contributed by atoms with van der Waals surface area (Å²) in [5.74, 6) is -1.20. The molecule has 1 aliphatic rings. The van der Waals surface area contributed by atoms with E-state index in [4.69, 9.17) is 4.74 Å². The van der Waals surface area contributed by atoms with Crippen molar-refractivity contribution >= 4 is 17.3 Å². The Hall–Kier alpha value is -2.18. The van der Waals surface area contributed by atoms with E-state index in [0.29, 0.717) is 0 Å². The fraction of sp³-hybridized carbons (Fsp3) is 0.222. The topological polar surface area (TPSA) is 81.5 Å². The van der Waals surface area contributed by atoms with Crippen LogP contribution >= 0.6 is 0 Å². The van der Waals surface area contributed by atoms with Gasteiger partial charge >= 0.3 is 5.69 Å². The van der Waals surface area contributed by atoms with Crippen molar-refractivity contribution in [3.8, 4) is 5.75 Å². The first-order valence-electron chi connectivity index (χ1n) is 4.48. The molecule has 0 aliphatic carbocycles. The lowest BCUT2D eigenvalue weighted by Gasteiger charge is -2.06. The highest BCUT2D eigenvalue weighted by Gasteiger charge is 2.22. The Labute approximate surface area is 89.2 Å². The number of anilines is 1. The van der Waals surface area contributed by atoms with Gasteiger partial charge in [-0.15, -0.1) is 0 Å². The van der Waals surface area contributed by atoms with Crippen LogP contribution in [0.4, 0.5) is 15.8 Å². The van der Waals surface area contributed by atoms with Gasteiger partial charge in [0.1, 0.15) is 5.75 Å². The van der Waals surface area contributed by atoms with Crippen LogP contribution in [0.25, 0.3) is 0 Å². The number of rotatable bonds is 1. The number of halogens is 1. The third kappa shape index (κ3) is 1.79. The van der Waals surface area contributed by atoms with E-state index >= 15 is 0 Å². The fourth-order valence-corrected chi connectivity index (χ4v) is 1.37. The monoisotopic (exact) mass is 226 g/mol. The van der Waals surface area contributed by atoms with E-state index in [0.717, 1.165) is 12.1 Å². The van der Waals surface area contributed by atoms with Crippen LogP contribution in [0.3, 0.4) is 0 Å². The van der Waals surface area contributed by atoms with Gasteiger partial charge < -0.3 is 10.1 Å². The molecule has 0 radical (unpaired) electrons. The molecule has 1 N–H and O–H groups in total. The largest absolute Gasteiger partial charge is 0.491 e. The maximum atomic E-state index is 13.2. The van der Waals surface area contributed by atoms with Gasteiger partial charge in [-0.05, 0) is 0 Å². The number of fused-ring (bicyclic) bond motifs is 1. The molecule has 16 heavy (non-hydrogen) atoms. The second-order valence-electron chi connectivity index (χ2n) is 3.20. The zero-order valence-electron chi connectivity index (χ0n) is 8.03. The Balaban J connectivity index is 2.50. The Morgan fingerprint density at radius 2 is 2.25 bits per heavy atom. The molecule has 1 aromatic carbocycles. The van der Waals surface area contributed by atoms with Crippen LogP contribution in [0.15, 0.2) is 12.1 Å². The SMILES string of the molecule is O=C1CCOc2cc(F)c([N+](=O)[O-])cc2N1. The van der Waals surface area contributed by atoms with Crippen molar-refractivity contribution in [3.63, 3.8) is 0 Å². The minimum absolute atomic E-state index is 0.106. The van der Waals surface area contributed by atoms with Crippen LogP contribution in [0.5, 0.6) is 5.75 Å². The van der Waals surface area contributed by atoms with Gasteiger partial charge in [0.05, 0.1) is 23.6 Å². The molecule has 1 aliphatic heterocycles. The van der Waals surface area contributed by atoms with Crippen molar-refractivity contribution in [2.24, 2.45) is 0 Å². The van der Waals surface area contributed by atoms with Gasteiger partial charge in [-0.2, -0.15) is 4.39 Å². The van der Waals surface area contributed by atoms with Gasteiger partial charge in [0.2, 0.25) is 11.7 Å². The summed E-state index contributed by atoms with van der Waals surface area (Å²) >= 11 is 0. The van der Waals surface area contributed by atoms with E-state index in [1.54, 1.807) is 0 Å². The first-order valence-corrected chi connectivity index (χ1v) is 4.48. The number of hydrogen-bond acceptors (Lipinski definition) is 4. The van der Waals surface area contributed by atoms with E-state index in [1.807, 2.05) is 0 Å². The number of nitro benzene ring substituents is 1. The standard InChI is InChI=1S/C9H7FN2O4/c10-5-3-8-6(4-7(5)12(14)15)11-9(13)1-2-16-8/h3-4H,1-2H2,(H,11,13). The van der Waals surface area contributed by atoms with Crippen LogP contribution in [-0.4, -0.2) is 17.4 Å². The number of benzene rings is 1. The van der Waals surface area contributed by atoms with Crippen molar-refractivity contribution in [1.82, 2.24) is 0 Å². The molecule has 0 aromatic heterocycles. The average molecular weight is 226 g/mol. The van der Waals surface area contributed by atoms with Crippen LogP contribution in [0.2, 0.25) is 0 Å². The second-order valence-corrected chi connectivity index (χ2v) is 3.20. The summed E-state index contributed by atoms with van der Waals surface area (Å²) in [6, 6.07) is 1.85. The molecule has 0 fully saturated rings. The van der Waals surface area contributed by atoms with Crippen molar-refractivity contribution in [3.05, 3.63) is 28.1 Å². The number of carbonyl (C=O) groups is 1. The summed E-state index contributed by atoms with van der Waals surface area (Å²) < 4.78 is 18.3. The number of hydrogen-bond donors (Lipinski definition) is 1. The number of carbonyl (C=O) groups excluding carboxylic acids is 1. The minimum Gasteiger partial charge on any atom is -0.491 e. The van der Waals surface area contributed by atoms with Crippen LogP contribution < -0.4 is 10.1 Å². The average Bonchev–Trinajstić information content (AvgIpc) is 2.37. The predicted octanol–water partition coefficient (Wildman–Crippen LogP) is 1.45. The Kier molecular flexibility index (Phi) is 2.43. The van der Waals surface area contributed by atoms with E-state index in [2.05, 4.69) is 5.32 Å². The maximum absolute atomic E-state index is 13.2. The molecule has 2 rings (SSSR count). The van der Waals surface area contributed by atoms with Crippen LogP contribution in [-0.2, 0) is 4.79 Å². The summed E-state index contributed by atoms with van der Waals surface area (Å²) in [6.07, 6.45) is 0.129. The second kappa shape index (κ2) is 3.76. The summed E-state index contributed by atoms with van der Waals surface area (Å²) in [5, 5.41) is 12.9. The highest BCUT2D eigenvalue weighted by Crippen LogP contribution is 2.33. The number of nitrogens with one attached hydrogen (secondary N) is 1. The van der Waals surface area contributed by atoms with E-state index < -0.39 is 16.4 Å². The first kappa shape index (κ1) is 10.3. The van der Waals surface area contributed by atoms with Gasteiger partial charge in [0.25, 0.3) is 0 Å². The molecule has 0 saturated carbocycles. The van der Waals surface area contributed by atoms with Gasteiger partial charge in [-0.3, -0.25) is 14.9 Å². The molecular weight excluding hydrogens is 219 g/mol. The minimum atomic E-state index is -0.986. The third-order valence-electron chi connectivity index (χ3n) is 2.11. The molecule has 7 heteroatoms. The molecule has 1 aromatic rings. The lowest BCUT2D eigenvalue weighted by Crippen LogP contribution is -2.10. The molecule has 0 atom stereocenters. The quantitative estimate of drug-likeness (QED) is 0.580. The number of nitrogens with zero attached hydrogens (tertiary/aromatic N) is 1. The summed E-state index contributed by atoms with van der Waals surface area (Å²) in [4.78, 5) is 20.8. The summed E-state index contributed by atoms with van der Waals surface area (Å²) in [7, 11) is 0. The molecule has 6 nitrogen and oxygen atoms in total. The fourth-order valence-electron chi connectivity index (χ4n) is 1.37. The van der Waals surface area contributed by atoms with Crippen molar-refractivity contribution in [1.29, 1.82) is 0 Å². The lowest BCUT2D eigenvalue weighted by atomic mass is 10.2. The highest BCUT2D eigenvalue weighted by atomic mass is 19.1. The van der Waals surface area contributed by atoms with E-state index in [1.165, 1.54) is 0 Å². The molecule has 0 spiro atoms. The first-order chi connectivity index (χ1) is 7.58. The van der Waals surface area contributed by atoms with E-state index in [-0.39, 0.29) is 30.4 Å². The van der Waals surface area contributed by atoms with Gasteiger partial charge in [-0.1, -0.05) is 0 Å². The van der Waals surface area contributed by atoms with Gasteiger partial charge in [0.15, 0.2) is 0 Å². The third-order valence-corrected chi connectivity index (χ3v) is 2.11. The summed E-state index contributed by atoms with van der Waals surface area (Å²) in [6.45, 7) is 0.121. The lowest BCUT2D eigenvalue weighted by molar-refractivity contribution is -0.387. The van der Waals surface area contributed by atoms with E-state index in [9.17, 15) is 19.3 Å². The Morgan fingerprint density at radius 3 is 2.94 bits per heavy atom. The Bertz CT molecular complexity index is 475. The van der Waals surface area contributed by atoms with Gasteiger partial charge in [-0.25, -0.2) is 0 Å². The number of nitro groups is 1. The van der Waals surface area contributed by atoms with Crippen molar-refractivity contribution < 1.29 is 18.8 Å².